The van der Waals surface area contributed by atoms with Crippen LogP contribution in [0.4, 0.5) is 5.82 Å². The SMILES string of the molecule is CC(=O)c1ccc(N2CCOC(C#N)C2)nc1. The number of anilines is 1. The molecule has 0 amide bonds. The zero-order chi connectivity index (χ0) is 12.3. The summed E-state index contributed by atoms with van der Waals surface area (Å²) in [5, 5.41) is 8.81. The van der Waals surface area contributed by atoms with Crippen molar-refractivity contribution in [2.45, 2.75) is 13.0 Å². The van der Waals surface area contributed by atoms with E-state index in [9.17, 15) is 4.79 Å². The van der Waals surface area contributed by atoms with Gasteiger partial charge in [0.15, 0.2) is 11.9 Å². The van der Waals surface area contributed by atoms with Crippen LogP contribution in [0.3, 0.4) is 0 Å². The molecule has 0 radical (unpaired) electrons. The van der Waals surface area contributed by atoms with Crippen LogP contribution in [0.5, 0.6) is 0 Å². The molecule has 1 fully saturated rings. The zero-order valence-electron chi connectivity index (χ0n) is 9.59. The molecule has 0 aliphatic carbocycles. The number of hydrogen-bond donors (Lipinski definition) is 0. The smallest absolute Gasteiger partial charge is 0.161 e. The molecule has 0 bridgehead atoms. The quantitative estimate of drug-likeness (QED) is 0.711. The number of carbonyl (C=O) groups is 1. The predicted octanol–water partition coefficient (Wildman–Crippen LogP) is 1.01. The highest BCUT2D eigenvalue weighted by atomic mass is 16.5. The van der Waals surface area contributed by atoms with E-state index in [-0.39, 0.29) is 5.78 Å². The second-order valence-corrected chi connectivity index (χ2v) is 3.90. The van der Waals surface area contributed by atoms with E-state index in [0.717, 1.165) is 5.82 Å². The molecule has 2 rings (SSSR count). The van der Waals surface area contributed by atoms with Crippen molar-refractivity contribution in [3.8, 4) is 6.07 Å². The summed E-state index contributed by atoms with van der Waals surface area (Å²) in [7, 11) is 0. The molecule has 0 spiro atoms. The molecule has 2 heterocycles. The van der Waals surface area contributed by atoms with Gasteiger partial charge in [-0.15, -0.1) is 0 Å². The van der Waals surface area contributed by atoms with Crippen LogP contribution in [0.1, 0.15) is 17.3 Å². The van der Waals surface area contributed by atoms with E-state index in [1.807, 2.05) is 4.90 Å². The summed E-state index contributed by atoms with van der Waals surface area (Å²) in [6.07, 6.45) is 1.16. The van der Waals surface area contributed by atoms with Crippen molar-refractivity contribution in [2.75, 3.05) is 24.6 Å². The molecule has 1 aliphatic heterocycles. The molecular formula is C12H13N3O2. The van der Waals surface area contributed by atoms with Crippen LogP contribution < -0.4 is 4.90 Å². The summed E-state index contributed by atoms with van der Waals surface area (Å²) in [5.74, 6) is 0.777. The Balaban J connectivity index is 2.12. The van der Waals surface area contributed by atoms with Gasteiger partial charge < -0.3 is 9.64 Å². The van der Waals surface area contributed by atoms with Gasteiger partial charge in [-0.25, -0.2) is 4.98 Å². The van der Waals surface area contributed by atoms with Crippen molar-refractivity contribution in [1.29, 1.82) is 5.26 Å². The van der Waals surface area contributed by atoms with Gasteiger partial charge >= 0.3 is 0 Å². The molecule has 88 valence electrons. The summed E-state index contributed by atoms with van der Waals surface area (Å²) in [6.45, 7) is 3.26. The maximum Gasteiger partial charge on any atom is 0.161 e. The number of carbonyl (C=O) groups excluding carboxylic acids is 1. The lowest BCUT2D eigenvalue weighted by molar-refractivity contribution is 0.0761. The summed E-state index contributed by atoms with van der Waals surface area (Å²) in [4.78, 5) is 17.3. The van der Waals surface area contributed by atoms with Crippen molar-refractivity contribution in [3.63, 3.8) is 0 Å². The van der Waals surface area contributed by atoms with Gasteiger partial charge in [-0.1, -0.05) is 0 Å². The van der Waals surface area contributed by atoms with Crippen LogP contribution in [0.25, 0.3) is 0 Å². The number of Topliss-reactive ketones (excluding diaryl/α,β-unsaturated/α-hetero) is 1. The average Bonchev–Trinajstić information content (AvgIpc) is 2.39. The maximum atomic E-state index is 11.1. The molecule has 1 atom stereocenters. The van der Waals surface area contributed by atoms with E-state index in [1.165, 1.54) is 6.92 Å². The Morgan fingerprint density at radius 1 is 1.65 bits per heavy atom. The number of aromatic nitrogens is 1. The van der Waals surface area contributed by atoms with Crippen LogP contribution in [0.15, 0.2) is 18.3 Å². The lowest BCUT2D eigenvalue weighted by Crippen LogP contribution is -2.42. The van der Waals surface area contributed by atoms with E-state index >= 15 is 0 Å². The van der Waals surface area contributed by atoms with Crippen molar-refractivity contribution >= 4 is 11.6 Å². The van der Waals surface area contributed by atoms with Gasteiger partial charge in [0.25, 0.3) is 0 Å². The largest absolute Gasteiger partial charge is 0.360 e. The first-order chi connectivity index (χ1) is 8.20. The zero-order valence-corrected chi connectivity index (χ0v) is 9.59. The van der Waals surface area contributed by atoms with Gasteiger partial charge in [0.2, 0.25) is 0 Å². The Morgan fingerprint density at radius 3 is 3.06 bits per heavy atom. The number of hydrogen-bond acceptors (Lipinski definition) is 5. The summed E-state index contributed by atoms with van der Waals surface area (Å²) in [6, 6.07) is 5.64. The van der Waals surface area contributed by atoms with E-state index < -0.39 is 6.10 Å². The summed E-state index contributed by atoms with van der Waals surface area (Å²) in [5.41, 5.74) is 0.596. The second-order valence-electron chi connectivity index (χ2n) is 3.90. The molecular weight excluding hydrogens is 218 g/mol. The van der Waals surface area contributed by atoms with Gasteiger partial charge in [0.1, 0.15) is 5.82 Å². The molecule has 5 nitrogen and oxygen atoms in total. The number of ketones is 1. The van der Waals surface area contributed by atoms with Gasteiger partial charge in [-0.2, -0.15) is 5.26 Å². The average molecular weight is 231 g/mol. The number of rotatable bonds is 2. The molecule has 1 aromatic heterocycles. The van der Waals surface area contributed by atoms with Gasteiger partial charge in [0.05, 0.1) is 19.2 Å². The van der Waals surface area contributed by atoms with E-state index in [1.54, 1.807) is 18.3 Å². The Labute approximate surface area is 99.6 Å². The molecule has 1 aliphatic rings. The first-order valence-electron chi connectivity index (χ1n) is 5.44. The highest BCUT2D eigenvalue weighted by Crippen LogP contribution is 2.15. The Bertz CT molecular complexity index is 450. The normalized spacial score (nSPS) is 19.8. The lowest BCUT2D eigenvalue weighted by atomic mass is 10.2. The highest BCUT2D eigenvalue weighted by Gasteiger charge is 2.20. The molecule has 17 heavy (non-hydrogen) atoms. The third-order valence-corrected chi connectivity index (χ3v) is 2.69. The number of nitrogens with zero attached hydrogens (tertiary/aromatic N) is 3. The van der Waals surface area contributed by atoms with Crippen molar-refractivity contribution in [1.82, 2.24) is 4.98 Å². The topological polar surface area (TPSA) is 66.2 Å². The third-order valence-electron chi connectivity index (χ3n) is 2.69. The molecule has 0 saturated carbocycles. The number of pyridine rings is 1. The van der Waals surface area contributed by atoms with Crippen molar-refractivity contribution < 1.29 is 9.53 Å². The molecule has 1 aromatic rings. The fourth-order valence-corrected chi connectivity index (χ4v) is 1.72. The van der Waals surface area contributed by atoms with Crippen LogP contribution >= 0.6 is 0 Å². The highest BCUT2D eigenvalue weighted by molar-refractivity contribution is 5.93. The molecule has 1 saturated heterocycles. The fourth-order valence-electron chi connectivity index (χ4n) is 1.72. The minimum atomic E-state index is -0.405. The van der Waals surface area contributed by atoms with Crippen LogP contribution in [-0.2, 0) is 4.74 Å². The first-order valence-corrected chi connectivity index (χ1v) is 5.44. The van der Waals surface area contributed by atoms with Crippen LogP contribution in [0.2, 0.25) is 0 Å². The van der Waals surface area contributed by atoms with Crippen LogP contribution in [-0.4, -0.2) is 36.6 Å². The van der Waals surface area contributed by atoms with Crippen molar-refractivity contribution in [3.05, 3.63) is 23.9 Å². The Hall–Kier alpha value is -1.93. The van der Waals surface area contributed by atoms with Crippen LogP contribution in [0, 0.1) is 11.3 Å². The number of morpholine rings is 1. The molecule has 1 unspecified atom stereocenters. The summed E-state index contributed by atoms with van der Waals surface area (Å²) >= 11 is 0. The lowest BCUT2D eigenvalue weighted by Gasteiger charge is -2.30. The number of nitriles is 1. The second kappa shape index (κ2) is 4.93. The van der Waals surface area contributed by atoms with Crippen molar-refractivity contribution in [2.24, 2.45) is 0 Å². The maximum absolute atomic E-state index is 11.1. The standard InChI is InChI=1S/C12H13N3O2/c1-9(16)10-2-3-12(14-7-10)15-4-5-17-11(6-13)8-15/h2-3,7,11H,4-5,8H2,1H3. The Morgan fingerprint density at radius 2 is 2.47 bits per heavy atom. The summed E-state index contributed by atoms with van der Waals surface area (Å²) < 4.78 is 5.26. The molecule has 0 aromatic carbocycles. The number of ether oxygens (including phenoxy) is 1. The minimum absolute atomic E-state index is 0.000860. The van der Waals surface area contributed by atoms with Gasteiger partial charge in [0, 0.05) is 18.3 Å². The first kappa shape index (κ1) is 11.6. The molecule has 0 N–H and O–H groups in total. The van der Waals surface area contributed by atoms with E-state index in [0.29, 0.717) is 25.3 Å². The third kappa shape index (κ3) is 2.60. The van der Waals surface area contributed by atoms with Gasteiger partial charge in [-0.3, -0.25) is 4.79 Å². The van der Waals surface area contributed by atoms with Gasteiger partial charge in [-0.05, 0) is 19.1 Å². The van der Waals surface area contributed by atoms with E-state index in [2.05, 4.69) is 11.1 Å². The van der Waals surface area contributed by atoms with E-state index in [4.69, 9.17) is 10.00 Å². The Kier molecular flexibility index (Phi) is 3.35. The monoisotopic (exact) mass is 231 g/mol. The fraction of sp³-hybridized carbons (Fsp3) is 0.417. The minimum Gasteiger partial charge on any atom is -0.360 e. The molecule has 5 heteroatoms. The predicted molar refractivity (Wildman–Crippen MR) is 61.8 cm³/mol.